The van der Waals surface area contributed by atoms with Crippen molar-refractivity contribution in [2.45, 2.75) is 13.0 Å². The van der Waals surface area contributed by atoms with Gasteiger partial charge in [-0.2, -0.15) is 0 Å². The number of ether oxygens (including phenoxy) is 2. The molecular formula is C14H18ClNO2. The molecule has 18 heavy (non-hydrogen) atoms. The molecule has 0 radical (unpaired) electrons. The molecule has 0 bridgehead atoms. The topological polar surface area (TPSA) is 44.5 Å². The Bertz CT molecular complexity index is 541. The van der Waals surface area contributed by atoms with Crippen molar-refractivity contribution in [3.05, 3.63) is 35.9 Å². The molecule has 0 spiro atoms. The largest absolute Gasteiger partial charge is 0.493 e. The Morgan fingerprint density at radius 2 is 1.50 bits per heavy atom. The fourth-order valence-corrected chi connectivity index (χ4v) is 1.88. The van der Waals surface area contributed by atoms with Gasteiger partial charge >= 0.3 is 0 Å². The molecule has 0 fully saturated rings. The summed E-state index contributed by atoms with van der Waals surface area (Å²) < 4.78 is 10.6. The first-order valence-corrected chi connectivity index (χ1v) is 5.57. The van der Waals surface area contributed by atoms with Gasteiger partial charge in [0.25, 0.3) is 0 Å². The van der Waals surface area contributed by atoms with Crippen molar-refractivity contribution in [2.24, 2.45) is 5.73 Å². The van der Waals surface area contributed by atoms with Crippen molar-refractivity contribution in [1.82, 2.24) is 0 Å². The molecule has 1 atom stereocenters. The van der Waals surface area contributed by atoms with Crippen LogP contribution >= 0.6 is 12.4 Å². The third kappa shape index (κ3) is 2.68. The minimum Gasteiger partial charge on any atom is -0.493 e. The minimum absolute atomic E-state index is 0. The van der Waals surface area contributed by atoms with E-state index in [1.165, 1.54) is 0 Å². The molecule has 1 unspecified atom stereocenters. The Kier molecular flexibility index (Phi) is 4.82. The van der Waals surface area contributed by atoms with Gasteiger partial charge in [0.05, 0.1) is 14.2 Å². The highest BCUT2D eigenvalue weighted by Crippen LogP contribution is 2.32. The van der Waals surface area contributed by atoms with Crippen LogP contribution in [0.25, 0.3) is 10.8 Å². The lowest BCUT2D eigenvalue weighted by molar-refractivity contribution is 0.356. The van der Waals surface area contributed by atoms with Gasteiger partial charge in [-0.1, -0.05) is 12.1 Å². The Hall–Kier alpha value is -1.45. The molecule has 0 aromatic heterocycles. The average molecular weight is 268 g/mol. The molecule has 2 rings (SSSR count). The lowest BCUT2D eigenvalue weighted by atomic mass is 10.0. The molecule has 2 aromatic rings. The third-order valence-electron chi connectivity index (χ3n) is 2.89. The van der Waals surface area contributed by atoms with Crippen LogP contribution < -0.4 is 15.2 Å². The van der Waals surface area contributed by atoms with E-state index in [0.29, 0.717) is 0 Å². The monoisotopic (exact) mass is 267 g/mol. The van der Waals surface area contributed by atoms with Crippen LogP contribution in [0.1, 0.15) is 18.5 Å². The maximum atomic E-state index is 5.88. The van der Waals surface area contributed by atoms with E-state index in [2.05, 4.69) is 12.1 Å². The molecular weight excluding hydrogens is 250 g/mol. The Labute approximate surface area is 113 Å². The number of benzene rings is 2. The summed E-state index contributed by atoms with van der Waals surface area (Å²) >= 11 is 0. The Balaban J connectivity index is 0.00000162. The van der Waals surface area contributed by atoms with Gasteiger partial charge in [-0.3, -0.25) is 0 Å². The standard InChI is InChI=1S/C14H17NO2.ClH/c1-9(15)10-4-5-11-7-13(16-2)14(17-3)8-12(11)6-10;/h4-9H,15H2,1-3H3;1H. The zero-order valence-electron chi connectivity index (χ0n) is 10.8. The van der Waals surface area contributed by atoms with E-state index >= 15 is 0 Å². The van der Waals surface area contributed by atoms with E-state index in [-0.39, 0.29) is 18.4 Å². The molecule has 0 aliphatic carbocycles. The first-order chi connectivity index (χ1) is 8.15. The van der Waals surface area contributed by atoms with Gasteiger partial charge in [-0.15, -0.1) is 12.4 Å². The van der Waals surface area contributed by atoms with Crippen LogP contribution in [0.4, 0.5) is 0 Å². The highest BCUT2D eigenvalue weighted by atomic mass is 35.5. The smallest absolute Gasteiger partial charge is 0.161 e. The Morgan fingerprint density at radius 3 is 2.00 bits per heavy atom. The summed E-state index contributed by atoms with van der Waals surface area (Å²) in [6.45, 7) is 1.97. The third-order valence-corrected chi connectivity index (χ3v) is 2.89. The van der Waals surface area contributed by atoms with Gasteiger partial charge in [0.15, 0.2) is 11.5 Å². The molecule has 0 aliphatic rings. The van der Waals surface area contributed by atoms with Crippen LogP contribution in [0, 0.1) is 0 Å². The number of fused-ring (bicyclic) bond motifs is 1. The van der Waals surface area contributed by atoms with Crippen molar-refractivity contribution < 1.29 is 9.47 Å². The van der Waals surface area contributed by atoms with Gasteiger partial charge in [-0.05, 0) is 41.5 Å². The number of halogens is 1. The Morgan fingerprint density at radius 1 is 0.944 bits per heavy atom. The first kappa shape index (κ1) is 14.6. The number of hydrogen-bond acceptors (Lipinski definition) is 3. The van der Waals surface area contributed by atoms with Crippen molar-refractivity contribution in [3.8, 4) is 11.5 Å². The molecule has 2 aromatic carbocycles. The van der Waals surface area contributed by atoms with Crippen LogP contribution in [0.2, 0.25) is 0 Å². The molecule has 0 amide bonds. The van der Waals surface area contributed by atoms with E-state index in [9.17, 15) is 0 Å². The second kappa shape index (κ2) is 5.94. The molecule has 0 saturated carbocycles. The predicted octanol–water partition coefficient (Wildman–Crippen LogP) is 3.30. The number of hydrogen-bond donors (Lipinski definition) is 1. The van der Waals surface area contributed by atoms with Crippen LogP contribution in [-0.4, -0.2) is 14.2 Å². The molecule has 0 aliphatic heterocycles. The number of methoxy groups -OCH3 is 2. The fourth-order valence-electron chi connectivity index (χ4n) is 1.88. The van der Waals surface area contributed by atoms with Crippen molar-refractivity contribution in [2.75, 3.05) is 14.2 Å². The number of rotatable bonds is 3. The summed E-state index contributed by atoms with van der Waals surface area (Å²) in [5.74, 6) is 1.48. The van der Waals surface area contributed by atoms with Crippen molar-refractivity contribution in [3.63, 3.8) is 0 Å². The summed E-state index contributed by atoms with van der Waals surface area (Å²) in [6.07, 6.45) is 0. The predicted molar refractivity (Wildman–Crippen MR) is 76.9 cm³/mol. The maximum Gasteiger partial charge on any atom is 0.161 e. The molecule has 4 heteroatoms. The quantitative estimate of drug-likeness (QED) is 0.928. The van der Waals surface area contributed by atoms with Crippen LogP contribution in [0.5, 0.6) is 11.5 Å². The van der Waals surface area contributed by atoms with E-state index in [1.54, 1.807) is 14.2 Å². The highest BCUT2D eigenvalue weighted by molar-refractivity contribution is 5.86. The molecule has 98 valence electrons. The average Bonchev–Trinajstić information content (AvgIpc) is 2.36. The normalized spacial score (nSPS) is 11.8. The van der Waals surface area contributed by atoms with Crippen LogP contribution in [0.3, 0.4) is 0 Å². The summed E-state index contributed by atoms with van der Waals surface area (Å²) in [6, 6.07) is 10.2. The molecule has 0 heterocycles. The summed E-state index contributed by atoms with van der Waals surface area (Å²) in [4.78, 5) is 0. The summed E-state index contributed by atoms with van der Waals surface area (Å²) in [7, 11) is 3.28. The van der Waals surface area contributed by atoms with Crippen LogP contribution in [-0.2, 0) is 0 Å². The fraction of sp³-hybridized carbons (Fsp3) is 0.286. The number of nitrogens with two attached hydrogens (primary N) is 1. The second-order valence-electron chi connectivity index (χ2n) is 4.10. The lowest BCUT2D eigenvalue weighted by Gasteiger charge is -2.11. The summed E-state index contributed by atoms with van der Waals surface area (Å²) in [5.41, 5.74) is 6.99. The first-order valence-electron chi connectivity index (χ1n) is 5.57. The van der Waals surface area contributed by atoms with E-state index < -0.39 is 0 Å². The van der Waals surface area contributed by atoms with Gasteiger partial charge in [-0.25, -0.2) is 0 Å². The maximum absolute atomic E-state index is 5.88. The zero-order chi connectivity index (χ0) is 12.4. The minimum atomic E-state index is 0. The van der Waals surface area contributed by atoms with Crippen molar-refractivity contribution >= 4 is 23.2 Å². The van der Waals surface area contributed by atoms with E-state index in [4.69, 9.17) is 15.2 Å². The molecule has 2 N–H and O–H groups in total. The van der Waals surface area contributed by atoms with Crippen LogP contribution in [0.15, 0.2) is 30.3 Å². The second-order valence-corrected chi connectivity index (χ2v) is 4.10. The van der Waals surface area contributed by atoms with E-state index in [1.807, 2.05) is 25.1 Å². The van der Waals surface area contributed by atoms with Gasteiger partial charge in [0, 0.05) is 6.04 Å². The van der Waals surface area contributed by atoms with Gasteiger partial charge < -0.3 is 15.2 Å². The van der Waals surface area contributed by atoms with Crippen molar-refractivity contribution in [1.29, 1.82) is 0 Å². The zero-order valence-corrected chi connectivity index (χ0v) is 11.6. The molecule has 0 saturated heterocycles. The summed E-state index contributed by atoms with van der Waals surface area (Å²) in [5, 5.41) is 2.23. The van der Waals surface area contributed by atoms with Gasteiger partial charge in [0.2, 0.25) is 0 Å². The molecule has 3 nitrogen and oxygen atoms in total. The van der Waals surface area contributed by atoms with E-state index in [0.717, 1.165) is 27.8 Å². The lowest BCUT2D eigenvalue weighted by Crippen LogP contribution is -2.04. The SMILES string of the molecule is COc1cc2ccc(C(C)N)cc2cc1OC.Cl. The van der Waals surface area contributed by atoms with Gasteiger partial charge in [0.1, 0.15) is 0 Å². The highest BCUT2D eigenvalue weighted by Gasteiger charge is 2.07.